The summed E-state index contributed by atoms with van der Waals surface area (Å²) in [6.45, 7) is 1.13. The second kappa shape index (κ2) is 4.11. The van der Waals surface area contributed by atoms with Crippen molar-refractivity contribution in [2.24, 2.45) is 0 Å². The molecule has 82 valence electrons. The van der Waals surface area contributed by atoms with E-state index in [1.165, 1.54) is 11.3 Å². The van der Waals surface area contributed by atoms with Gasteiger partial charge in [0.2, 0.25) is 0 Å². The molecule has 1 N–H and O–H groups in total. The fourth-order valence-electron chi connectivity index (χ4n) is 2.26. The molecule has 1 aromatic rings. The second-order valence-corrected chi connectivity index (χ2v) is 3.94. The fourth-order valence-corrected chi connectivity index (χ4v) is 2.26. The zero-order chi connectivity index (χ0) is 10.8. The molecule has 0 atom stereocenters. The van der Waals surface area contributed by atoms with Crippen LogP contribution in [0.2, 0.25) is 0 Å². The molecule has 1 aliphatic rings. The number of nitrogens with zero attached hydrogens (tertiary/aromatic N) is 1. The molecule has 0 aliphatic carbocycles. The first-order valence-electron chi connectivity index (χ1n) is 5.28. The summed E-state index contributed by atoms with van der Waals surface area (Å²) in [5, 5.41) is 9.22. The minimum Gasteiger partial charge on any atom is -0.496 e. The van der Waals surface area contributed by atoms with Gasteiger partial charge in [0.15, 0.2) is 0 Å². The first-order chi connectivity index (χ1) is 7.27. The van der Waals surface area contributed by atoms with Crippen LogP contribution in [0.5, 0.6) is 5.75 Å². The molecule has 1 aliphatic heterocycles. The molecule has 0 bridgehead atoms. The quantitative estimate of drug-likeness (QED) is 0.799. The summed E-state index contributed by atoms with van der Waals surface area (Å²) in [6, 6.07) is 4.02. The summed E-state index contributed by atoms with van der Waals surface area (Å²) in [6.07, 6.45) is 2.19. The number of benzene rings is 1. The molecule has 0 radical (unpaired) electrons. The topological polar surface area (TPSA) is 32.7 Å². The Morgan fingerprint density at radius 2 is 2.27 bits per heavy atom. The van der Waals surface area contributed by atoms with E-state index in [0.717, 1.165) is 30.7 Å². The van der Waals surface area contributed by atoms with Crippen LogP contribution in [0.15, 0.2) is 12.1 Å². The van der Waals surface area contributed by atoms with Crippen LogP contribution in [0, 0.1) is 0 Å². The van der Waals surface area contributed by atoms with Crippen LogP contribution in [0.4, 0.5) is 5.69 Å². The Hall–Kier alpha value is -1.22. The Morgan fingerprint density at radius 1 is 1.47 bits per heavy atom. The number of aliphatic hydroxyl groups is 1. The Morgan fingerprint density at radius 3 is 2.93 bits per heavy atom. The van der Waals surface area contributed by atoms with E-state index in [-0.39, 0.29) is 6.61 Å². The van der Waals surface area contributed by atoms with Crippen LogP contribution in [0.3, 0.4) is 0 Å². The lowest BCUT2D eigenvalue weighted by molar-refractivity contribution is 0.273. The highest BCUT2D eigenvalue weighted by Crippen LogP contribution is 2.36. The van der Waals surface area contributed by atoms with Crippen molar-refractivity contribution in [2.75, 3.05) is 25.6 Å². The average Bonchev–Trinajstić information content (AvgIpc) is 2.28. The predicted molar refractivity (Wildman–Crippen MR) is 60.5 cm³/mol. The molecule has 0 spiro atoms. The maximum atomic E-state index is 9.22. The van der Waals surface area contributed by atoms with Crippen molar-refractivity contribution in [3.63, 3.8) is 0 Å². The molecule has 15 heavy (non-hydrogen) atoms. The zero-order valence-electron chi connectivity index (χ0n) is 9.29. The Kier molecular flexibility index (Phi) is 2.82. The van der Waals surface area contributed by atoms with E-state index in [2.05, 4.69) is 18.0 Å². The molecule has 0 aromatic heterocycles. The second-order valence-electron chi connectivity index (χ2n) is 3.94. The van der Waals surface area contributed by atoms with Gasteiger partial charge in [-0.15, -0.1) is 0 Å². The summed E-state index contributed by atoms with van der Waals surface area (Å²) in [5.41, 5.74) is 3.35. The maximum absolute atomic E-state index is 9.22. The van der Waals surface area contributed by atoms with Crippen LogP contribution in [-0.4, -0.2) is 25.8 Å². The third-order valence-corrected chi connectivity index (χ3v) is 3.02. The van der Waals surface area contributed by atoms with Crippen molar-refractivity contribution in [1.29, 1.82) is 0 Å². The predicted octanol–water partition coefficient (Wildman–Crippen LogP) is 1.57. The van der Waals surface area contributed by atoms with E-state index in [9.17, 15) is 5.11 Å². The van der Waals surface area contributed by atoms with Crippen LogP contribution in [0.25, 0.3) is 0 Å². The van der Waals surface area contributed by atoms with Gasteiger partial charge in [0.1, 0.15) is 5.75 Å². The van der Waals surface area contributed by atoms with E-state index in [0.29, 0.717) is 0 Å². The summed E-state index contributed by atoms with van der Waals surface area (Å²) in [5.74, 6) is 0.863. The van der Waals surface area contributed by atoms with Gasteiger partial charge in [-0.1, -0.05) is 6.07 Å². The van der Waals surface area contributed by atoms with Gasteiger partial charge in [0.25, 0.3) is 0 Å². The highest BCUT2D eigenvalue weighted by molar-refractivity contribution is 5.63. The largest absolute Gasteiger partial charge is 0.496 e. The number of rotatable bonds is 2. The molecular formula is C12H17NO2. The highest BCUT2D eigenvalue weighted by Gasteiger charge is 2.19. The highest BCUT2D eigenvalue weighted by atomic mass is 16.5. The molecule has 3 heteroatoms. The number of aliphatic hydroxyl groups excluding tert-OH is 1. The molecule has 1 aromatic carbocycles. The number of ether oxygens (including phenoxy) is 1. The molecular weight excluding hydrogens is 190 g/mol. The smallest absolute Gasteiger partial charge is 0.129 e. The van der Waals surface area contributed by atoms with Gasteiger partial charge >= 0.3 is 0 Å². The molecule has 3 nitrogen and oxygen atoms in total. The lowest BCUT2D eigenvalue weighted by Crippen LogP contribution is -2.25. The third kappa shape index (κ3) is 1.67. The number of methoxy groups -OCH3 is 1. The maximum Gasteiger partial charge on any atom is 0.129 e. The van der Waals surface area contributed by atoms with Gasteiger partial charge in [-0.2, -0.15) is 0 Å². The SMILES string of the molecule is COc1c(CO)ccc2c1CCCN2C. The van der Waals surface area contributed by atoms with Gasteiger partial charge in [-0.3, -0.25) is 0 Å². The Bertz CT molecular complexity index is 363. The summed E-state index contributed by atoms with van der Waals surface area (Å²) in [4.78, 5) is 2.24. The van der Waals surface area contributed by atoms with E-state index in [1.807, 2.05) is 6.07 Å². The number of hydrogen-bond acceptors (Lipinski definition) is 3. The van der Waals surface area contributed by atoms with E-state index < -0.39 is 0 Å². The molecule has 0 fully saturated rings. The number of hydrogen-bond donors (Lipinski definition) is 1. The van der Waals surface area contributed by atoms with E-state index in [1.54, 1.807) is 7.11 Å². The molecule has 0 saturated carbocycles. The van der Waals surface area contributed by atoms with E-state index >= 15 is 0 Å². The van der Waals surface area contributed by atoms with Gasteiger partial charge in [-0.05, 0) is 18.9 Å². The van der Waals surface area contributed by atoms with Crippen molar-refractivity contribution >= 4 is 5.69 Å². The van der Waals surface area contributed by atoms with Crippen LogP contribution >= 0.6 is 0 Å². The summed E-state index contributed by atoms with van der Waals surface area (Å²) in [7, 11) is 3.76. The molecule has 0 unspecified atom stereocenters. The molecule has 0 saturated heterocycles. The van der Waals surface area contributed by atoms with Gasteiger partial charge in [0, 0.05) is 30.4 Å². The van der Waals surface area contributed by atoms with Crippen molar-refractivity contribution in [1.82, 2.24) is 0 Å². The zero-order valence-corrected chi connectivity index (χ0v) is 9.29. The Labute approximate surface area is 90.3 Å². The summed E-state index contributed by atoms with van der Waals surface area (Å²) < 4.78 is 5.40. The van der Waals surface area contributed by atoms with Crippen LogP contribution in [-0.2, 0) is 13.0 Å². The van der Waals surface area contributed by atoms with Gasteiger partial charge in [0.05, 0.1) is 13.7 Å². The van der Waals surface area contributed by atoms with Crippen LogP contribution in [0.1, 0.15) is 17.5 Å². The lowest BCUT2D eigenvalue weighted by atomic mass is 9.98. The van der Waals surface area contributed by atoms with Crippen molar-refractivity contribution < 1.29 is 9.84 Å². The first-order valence-corrected chi connectivity index (χ1v) is 5.28. The first kappa shape index (κ1) is 10.3. The van der Waals surface area contributed by atoms with Gasteiger partial charge in [-0.25, -0.2) is 0 Å². The van der Waals surface area contributed by atoms with Crippen molar-refractivity contribution in [2.45, 2.75) is 19.4 Å². The minimum absolute atomic E-state index is 0.0418. The van der Waals surface area contributed by atoms with Gasteiger partial charge < -0.3 is 14.7 Å². The summed E-state index contributed by atoms with van der Waals surface area (Å²) >= 11 is 0. The van der Waals surface area contributed by atoms with Crippen molar-refractivity contribution in [3.8, 4) is 5.75 Å². The number of fused-ring (bicyclic) bond motifs is 1. The Balaban J connectivity index is 2.53. The van der Waals surface area contributed by atoms with E-state index in [4.69, 9.17) is 4.74 Å². The fraction of sp³-hybridized carbons (Fsp3) is 0.500. The lowest BCUT2D eigenvalue weighted by Gasteiger charge is -2.29. The number of anilines is 1. The monoisotopic (exact) mass is 207 g/mol. The third-order valence-electron chi connectivity index (χ3n) is 3.02. The minimum atomic E-state index is 0.0418. The van der Waals surface area contributed by atoms with Crippen molar-refractivity contribution in [3.05, 3.63) is 23.3 Å². The normalized spacial score (nSPS) is 15.0. The van der Waals surface area contributed by atoms with Crippen LogP contribution < -0.4 is 9.64 Å². The molecule has 0 amide bonds. The average molecular weight is 207 g/mol. The molecule has 1 heterocycles. The molecule has 2 rings (SSSR count). The standard InChI is InChI=1S/C12H17NO2/c1-13-7-3-4-10-11(13)6-5-9(8-14)12(10)15-2/h5-6,14H,3-4,7-8H2,1-2H3.